The Morgan fingerprint density at radius 3 is 2.71 bits per heavy atom. The van der Waals surface area contributed by atoms with Gasteiger partial charge in [-0.15, -0.1) is 11.3 Å². The first-order valence-electron chi connectivity index (χ1n) is 8.62. The molecule has 0 bridgehead atoms. The van der Waals surface area contributed by atoms with Gasteiger partial charge in [-0.05, 0) is 41.3 Å². The number of rotatable bonds is 7. The Bertz CT molecular complexity index is 1090. The fourth-order valence-electron chi connectivity index (χ4n) is 2.36. The normalized spacial score (nSPS) is 11.5. The van der Waals surface area contributed by atoms with Crippen molar-refractivity contribution in [2.24, 2.45) is 5.10 Å². The molecule has 0 aliphatic heterocycles. The molecule has 0 unspecified atom stereocenters. The molecule has 0 aliphatic rings. The summed E-state index contributed by atoms with van der Waals surface area (Å²) in [5.74, 6) is -0.700. The van der Waals surface area contributed by atoms with Gasteiger partial charge in [-0.2, -0.15) is 23.4 Å². The summed E-state index contributed by atoms with van der Waals surface area (Å²) in [5.41, 5.74) is 1.63. The number of methoxy groups -OCH3 is 1. The van der Waals surface area contributed by atoms with E-state index in [2.05, 4.69) is 15.6 Å². The Labute approximate surface area is 177 Å². The van der Waals surface area contributed by atoms with Crippen LogP contribution in [0.3, 0.4) is 0 Å². The number of halogens is 3. The second-order valence-corrected chi connectivity index (χ2v) is 6.91. The van der Waals surface area contributed by atoms with Crippen LogP contribution in [-0.4, -0.2) is 35.0 Å². The zero-order valence-electron chi connectivity index (χ0n) is 15.9. The number of carbonyl (C=O) groups is 2. The van der Waals surface area contributed by atoms with E-state index in [4.69, 9.17) is 9.47 Å². The van der Waals surface area contributed by atoms with Crippen LogP contribution in [0.5, 0.6) is 11.5 Å². The number of hydrogen-bond donors (Lipinski definition) is 1. The lowest BCUT2D eigenvalue weighted by atomic mass is 10.2. The molecule has 0 saturated carbocycles. The van der Waals surface area contributed by atoms with Gasteiger partial charge in [-0.1, -0.05) is 6.07 Å². The summed E-state index contributed by atoms with van der Waals surface area (Å²) in [7, 11) is 1.40. The number of nitrogens with one attached hydrogen (secondary N) is 1. The van der Waals surface area contributed by atoms with Crippen LogP contribution in [0.4, 0.5) is 13.2 Å². The molecule has 3 aromatic rings. The van der Waals surface area contributed by atoms with E-state index >= 15 is 0 Å². The quantitative estimate of drug-likeness (QED) is 0.257. The lowest BCUT2D eigenvalue weighted by molar-refractivity contribution is -0.141. The molecular formula is C19H15F3N4O4S. The van der Waals surface area contributed by atoms with Gasteiger partial charge in [0, 0.05) is 6.20 Å². The molecule has 1 N–H and O–H groups in total. The molecule has 0 spiro atoms. The van der Waals surface area contributed by atoms with Crippen molar-refractivity contribution in [3.8, 4) is 11.5 Å². The van der Waals surface area contributed by atoms with Gasteiger partial charge >= 0.3 is 12.1 Å². The highest BCUT2D eigenvalue weighted by Crippen LogP contribution is 2.29. The topological polar surface area (TPSA) is 94.8 Å². The molecule has 12 heteroatoms. The number of nitrogens with zero attached hydrogens (tertiary/aromatic N) is 3. The van der Waals surface area contributed by atoms with Crippen LogP contribution < -0.4 is 14.9 Å². The van der Waals surface area contributed by atoms with E-state index in [9.17, 15) is 22.8 Å². The van der Waals surface area contributed by atoms with Gasteiger partial charge in [-0.3, -0.25) is 9.48 Å². The van der Waals surface area contributed by atoms with Crippen molar-refractivity contribution in [2.75, 3.05) is 7.11 Å². The van der Waals surface area contributed by atoms with Crippen LogP contribution in [0, 0.1) is 0 Å². The zero-order chi connectivity index (χ0) is 22.4. The average molecular weight is 452 g/mol. The monoisotopic (exact) mass is 452 g/mol. The Balaban J connectivity index is 1.58. The Morgan fingerprint density at radius 1 is 1.26 bits per heavy atom. The highest BCUT2D eigenvalue weighted by atomic mass is 32.1. The van der Waals surface area contributed by atoms with Crippen molar-refractivity contribution >= 4 is 29.4 Å². The minimum atomic E-state index is -4.58. The van der Waals surface area contributed by atoms with Gasteiger partial charge < -0.3 is 9.47 Å². The third-order valence-corrected chi connectivity index (χ3v) is 4.60. The molecule has 0 radical (unpaired) electrons. The van der Waals surface area contributed by atoms with Gasteiger partial charge in [0.15, 0.2) is 17.2 Å². The molecular weight excluding hydrogens is 437 g/mol. The molecule has 31 heavy (non-hydrogen) atoms. The molecule has 3 rings (SSSR count). The van der Waals surface area contributed by atoms with E-state index in [0.717, 1.165) is 16.9 Å². The summed E-state index contributed by atoms with van der Waals surface area (Å²) in [6, 6.07) is 8.77. The number of carbonyl (C=O) groups excluding carboxylic acids is 2. The van der Waals surface area contributed by atoms with Crippen LogP contribution in [0.2, 0.25) is 0 Å². The minimum Gasteiger partial charge on any atom is -0.493 e. The smallest absolute Gasteiger partial charge is 0.435 e. The maximum absolute atomic E-state index is 12.5. The Morgan fingerprint density at radius 2 is 2.06 bits per heavy atom. The molecule has 0 fully saturated rings. The number of alkyl halides is 3. The summed E-state index contributed by atoms with van der Waals surface area (Å²) in [4.78, 5) is 24.3. The van der Waals surface area contributed by atoms with Crippen molar-refractivity contribution in [1.29, 1.82) is 0 Å². The number of hydrazone groups is 1. The van der Waals surface area contributed by atoms with Crippen molar-refractivity contribution in [3.05, 3.63) is 64.1 Å². The fourth-order valence-corrected chi connectivity index (χ4v) is 2.95. The molecule has 8 nitrogen and oxygen atoms in total. The summed E-state index contributed by atoms with van der Waals surface area (Å²) in [6.07, 6.45) is -2.23. The minimum absolute atomic E-state index is 0.209. The van der Waals surface area contributed by atoms with E-state index < -0.39 is 30.3 Å². The van der Waals surface area contributed by atoms with Gasteiger partial charge in [0.25, 0.3) is 5.91 Å². The van der Waals surface area contributed by atoms with Gasteiger partial charge in [0.05, 0.1) is 13.3 Å². The molecule has 0 aliphatic carbocycles. The summed E-state index contributed by atoms with van der Waals surface area (Å²) in [6.45, 7) is -0.436. The first-order chi connectivity index (χ1) is 14.8. The van der Waals surface area contributed by atoms with E-state index in [1.165, 1.54) is 36.8 Å². The van der Waals surface area contributed by atoms with Crippen LogP contribution in [0.25, 0.3) is 0 Å². The Hall–Kier alpha value is -3.67. The average Bonchev–Trinajstić information content (AvgIpc) is 3.40. The predicted octanol–water partition coefficient (Wildman–Crippen LogP) is 3.34. The van der Waals surface area contributed by atoms with Crippen molar-refractivity contribution in [3.63, 3.8) is 0 Å². The number of aromatic nitrogens is 2. The third-order valence-electron chi connectivity index (χ3n) is 3.75. The largest absolute Gasteiger partial charge is 0.493 e. The molecule has 162 valence electrons. The second kappa shape index (κ2) is 9.43. The number of hydrogen-bond acceptors (Lipinski definition) is 7. The highest BCUT2D eigenvalue weighted by molar-refractivity contribution is 7.12. The highest BCUT2D eigenvalue weighted by Gasteiger charge is 2.33. The first kappa shape index (κ1) is 22.0. The number of esters is 1. The van der Waals surface area contributed by atoms with Gasteiger partial charge in [-0.25, -0.2) is 10.2 Å². The van der Waals surface area contributed by atoms with E-state index in [1.807, 2.05) is 0 Å². The van der Waals surface area contributed by atoms with E-state index in [-0.39, 0.29) is 11.5 Å². The van der Waals surface area contributed by atoms with Crippen molar-refractivity contribution in [1.82, 2.24) is 15.2 Å². The fraction of sp³-hybridized carbons (Fsp3) is 0.158. The number of ether oxygens (including phenoxy) is 2. The SMILES string of the molecule is COc1cc(/C=N/NC(=O)Cn2ccc(C(F)(F)F)n2)ccc1OC(=O)c1cccs1. The standard InChI is InChI=1S/C19H15F3N4O4S/c1-29-14-9-12(4-5-13(14)30-18(28)15-3-2-8-31-15)10-23-24-17(27)11-26-7-6-16(25-26)19(20,21)22/h2-10H,11H2,1H3,(H,24,27)/b23-10+. The molecule has 0 atom stereocenters. The van der Waals surface area contributed by atoms with Crippen LogP contribution in [0.1, 0.15) is 20.9 Å². The summed E-state index contributed by atoms with van der Waals surface area (Å²) in [5, 5.41) is 8.79. The zero-order valence-corrected chi connectivity index (χ0v) is 16.7. The number of benzene rings is 1. The maximum Gasteiger partial charge on any atom is 0.435 e. The lowest BCUT2D eigenvalue weighted by Gasteiger charge is -2.09. The third kappa shape index (κ3) is 5.92. The van der Waals surface area contributed by atoms with Crippen LogP contribution in [-0.2, 0) is 17.5 Å². The Kier molecular flexibility index (Phi) is 6.70. The first-order valence-corrected chi connectivity index (χ1v) is 9.50. The summed E-state index contributed by atoms with van der Waals surface area (Å²) >= 11 is 1.25. The van der Waals surface area contributed by atoms with E-state index in [0.29, 0.717) is 10.4 Å². The van der Waals surface area contributed by atoms with E-state index in [1.54, 1.807) is 23.6 Å². The number of amides is 1. The molecule has 1 amide bonds. The van der Waals surface area contributed by atoms with Crippen molar-refractivity contribution < 1.29 is 32.2 Å². The molecule has 2 heterocycles. The molecule has 1 aromatic carbocycles. The van der Waals surface area contributed by atoms with Crippen LogP contribution >= 0.6 is 11.3 Å². The lowest BCUT2D eigenvalue weighted by Crippen LogP contribution is -2.23. The van der Waals surface area contributed by atoms with Gasteiger partial charge in [0.1, 0.15) is 11.4 Å². The summed E-state index contributed by atoms with van der Waals surface area (Å²) < 4.78 is 49.0. The number of thiophene rings is 1. The van der Waals surface area contributed by atoms with Crippen molar-refractivity contribution in [2.45, 2.75) is 12.7 Å². The van der Waals surface area contributed by atoms with Crippen LogP contribution in [0.15, 0.2) is 53.1 Å². The molecule has 0 saturated heterocycles. The maximum atomic E-state index is 12.5. The molecule has 2 aromatic heterocycles. The predicted molar refractivity (Wildman–Crippen MR) is 105 cm³/mol. The van der Waals surface area contributed by atoms with Gasteiger partial charge in [0.2, 0.25) is 0 Å². The second-order valence-electron chi connectivity index (χ2n) is 5.97.